The minimum Gasteiger partial charge on any atom is -0.482 e. The van der Waals surface area contributed by atoms with E-state index >= 15 is 0 Å². The number of nitrogens with zero attached hydrogens (tertiary/aromatic N) is 2. The number of hydrogen-bond acceptors (Lipinski definition) is 5. The van der Waals surface area contributed by atoms with E-state index in [1.165, 1.54) is 16.7 Å². The van der Waals surface area contributed by atoms with Crippen LogP contribution < -0.4 is 9.64 Å². The zero-order chi connectivity index (χ0) is 23.4. The Bertz CT molecular complexity index is 1280. The van der Waals surface area contributed by atoms with E-state index < -0.39 is 12.6 Å². The molecule has 0 aromatic heterocycles. The Morgan fingerprint density at radius 3 is 2.39 bits per heavy atom. The van der Waals surface area contributed by atoms with Gasteiger partial charge in [0.2, 0.25) is 0 Å². The van der Waals surface area contributed by atoms with Crippen LogP contribution in [0, 0.1) is 0 Å². The minimum atomic E-state index is -1.05. The largest absolute Gasteiger partial charge is 0.482 e. The van der Waals surface area contributed by atoms with Gasteiger partial charge in [0.1, 0.15) is 5.75 Å². The van der Waals surface area contributed by atoms with Gasteiger partial charge < -0.3 is 9.84 Å². The second kappa shape index (κ2) is 10.1. The van der Waals surface area contributed by atoms with Crippen LogP contribution in [0.5, 0.6) is 5.75 Å². The summed E-state index contributed by atoms with van der Waals surface area (Å²) in [5.74, 6) is -0.871. The standard InChI is InChI=1S/C24H16Cl2N2O4S/c25-16-3-1-5-18(12-16)27-24-28(19-6-2-4-17(26)13-19)23(31)21(33-24)11-15-7-9-20(10-8-15)32-14-22(29)30/h1-13H,14H2,(H,29,30)/b21-11+,27-24?. The molecule has 1 N–H and O–H groups in total. The lowest BCUT2D eigenvalue weighted by atomic mass is 10.2. The molecule has 0 atom stereocenters. The van der Waals surface area contributed by atoms with Gasteiger partial charge in [0.05, 0.1) is 16.3 Å². The normalized spacial score (nSPS) is 15.9. The Labute approximate surface area is 204 Å². The van der Waals surface area contributed by atoms with Gasteiger partial charge in [0, 0.05) is 10.0 Å². The molecule has 1 aliphatic heterocycles. The highest BCUT2D eigenvalue weighted by Gasteiger charge is 2.34. The number of amidine groups is 1. The molecule has 4 rings (SSSR count). The highest BCUT2D eigenvalue weighted by Crippen LogP contribution is 2.38. The fraction of sp³-hybridized carbons (Fsp3) is 0.0417. The maximum Gasteiger partial charge on any atom is 0.341 e. The summed E-state index contributed by atoms with van der Waals surface area (Å²) in [4.78, 5) is 30.6. The molecule has 0 bridgehead atoms. The summed E-state index contributed by atoms with van der Waals surface area (Å²) in [7, 11) is 0. The number of carbonyl (C=O) groups is 2. The fourth-order valence-electron chi connectivity index (χ4n) is 3.00. The van der Waals surface area contributed by atoms with Crippen LogP contribution in [0.2, 0.25) is 10.0 Å². The molecule has 1 heterocycles. The van der Waals surface area contributed by atoms with Gasteiger partial charge in [-0.25, -0.2) is 9.79 Å². The average Bonchev–Trinajstić information content (AvgIpc) is 3.07. The van der Waals surface area contributed by atoms with Gasteiger partial charge in [-0.05, 0) is 71.9 Å². The summed E-state index contributed by atoms with van der Waals surface area (Å²) in [6, 6.07) is 20.8. The van der Waals surface area contributed by atoms with Crippen molar-refractivity contribution in [2.24, 2.45) is 4.99 Å². The van der Waals surface area contributed by atoms with Gasteiger partial charge in [-0.3, -0.25) is 9.69 Å². The lowest BCUT2D eigenvalue weighted by Gasteiger charge is -2.16. The summed E-state index contributed by atoms with van der Waals surface area (Å²) in [5, 5.41) is 10.2. The summed E-state index contributed by atoms with van der Waals surface area (Å²) in [6.45, 7) is -0.424. The molecular formula is C24H16Cl2N2O4S. The first-order valence-electron chi connectivity index (χ1n) is 9.67. The van der Waals surface area contributed by atoms with E-state index in [0.717, 1.165) is 5.56 Å². The molecule has 0 unspecified atom stereocenters. The van der Waals surface area contributed by atoms with E-state index in [-0.39, 0.29) is 5.91 Å². The molecule has 3 aromatic rings. The second-order valence-electron chi connectivity index (χ2n) is 6.86. The van der Waals surface area contributed by atoms with E-state index in [1.807, 2.05) is 0 Å². The summed E-state index contributed by atoms with van der Waals surface area (Å²) in [6.07, 6.45) is 1.74. The van der Waals surface area contributed by atoms with E-state index in [0.29, 0.717) is 37.2 Å². The molecule has 0 aliphatic carbocycles. The molecule has 0 radical (unpaired) electrons. The highest BCUT2D eigenvalue weighted by molar-refractivity contribution is 8.19. The summed E-state index contributed by atoms with van der Waals surface area (Å²) < 4.78 is 5.15. The molecule has 1 fully saturated rings. The number of carbonyl (C=O) groups excluding carboxylic acids is 1. The van der Waals surface area contributed by atoms with Crippen LogP contribution in [-0.2, 0) is 9.59 Å². The summed E-state index contributed by atoms with van der Waals surface area (Å²) >= 11 is 13.5. The molecular weight excluding hydrogens is 483 g/mol. The molecule has 6 nitrogen and oxygen atoms in total. The van der Waals surface area contributed by atoms with Crippen LogP contribution >= 0.6 is 35.0 Å². The number of carboxylic acid groups (broad SMARTS) is 1. The number of aliphatic carboxylic acids is 1. The Morgan fingerprint density at radius 1 is 1.03 bits per heavy atom. The maximum absolute atomic E-state index is 13.3. The van der Waals surface area contributed by atoms with Gasteiger partial charge in [0.25, 0.3) is 5.91 Å². The third-order valence-electron chi connectivity index (χ3n) is 4.45. The van der Waals surface area contributed by atoms with E-state index in [1.54, 1.807) is 78.9 Å². The number of amides is 1. The number of thioether (sulfide) groups is 1. The quantitative estimate of drug-likeness (QED) is 0.405. The number of carboxylic acids is 1. The Balaban J connectivity index is 1.67. The lowest BCUT2D eigenvalue weighted by molar-refractivity contribution is -0.139. The van der Waals surface area contributed by atoms with Crippen LogP contribution in [0.3, 0.4) is 0 Å². The van der Waals surface area contributed by atoms with E-state index in [4.69, 9.17) is 33.0 Å². The third kappa shape index (κ3) is 5.76. The SMILES string of the molecule is O=C(O)COc1ccc(/C=C2/SC(=Nc3cccc(Cl)c3)N(c3cccc(Cl)c3)C2=O)cc1. The van der Waals surface area contributed by atoms with Crippen molar-refractivity contribution in [2.45, 2.75) is 0 Å². The third-order valence-corrected chi connectivity index (χ3v) is 5.88. The van der Waals surface area contributed by atoms with E-state index in [2.05, 4.69) is 4.99 Å². The number of benzene rings is 3. The Kier molecular flexibility index (Phi) is 7.03. The van der Waals surface area contributed by atoms with E-state index in [9.17, 15) is 9.59 Å². The van der Waals surface area contributed by atoms with Gasteiger partial charge in [0.15, 0.2) is 11.8 Å². The van der Waals surface area contributed by atoms with Crippen molar-refractivity contribution in [2.75, 3.05) is 11.5 Å². The molecule has 166 valence electrons. The van der Waals surface area contributed by atoms with Crippen molar-refractivity contribution in [1.82, 2.24) is 0 Å². The van der Waals surface area contributed by atoms with Crippen LogP contribution in [0.1, 0.15) is 5.56 Å². The molecule has 9 heteroatoms. The van der Waals surface area contributed by atoms with Crippen LogP contribution in [0.15, 0.2) is 82.7 Å². The molecule has 33 heavy (non-hydrogen) atoms. The first kappa shape index (κ1) is 22.9. The van der Waals surface area contributed by atoms with Crippen LogP contribution in [0.4, 0.5) is 11.4 Å². The molecule has 0 spiro atoms. The predicted molar refractivity (Wildman–Crippen MR) is 133 cm³/mol. The number of anilines is 1. The number of rotatable bonds is 6. The van der Waals surface area contributed by atoms with Crippen LogP contribution in [0.25, 0.3) is 6.08 Å². The Morgan fingerprint density at radius 2 is 1.73 bits per heavy atom. The maximum atomic E-state index is 13.3. The number of hydrogen-bond donors (Lipinski definition) is 1. The zero-order valence-corrected chi connectivity index (χ0v) is 19.3. The molecule has 0 saturated carbocycles. The highest BCUT2D eigenvalue weighted by atomic mass is 35.5. The molecule has 1 amide bonds. The first-order valence-corrected chi connectivity index (χ1v) is 11.2. The minimum absolute atomic E-state index is 0.241. The molecule has 3 aromatic carbocycles. The monoisotopic (exact) mass is 498 g/mol. The van der Waals surface area contributed by atoms with Crippen LogP contribution in [-0.4, -0.2) is 28.8 Å². The fourth-order valence-corrected chi connectivity index (χ4v) is 4.37. The number of halogens is 2. The first-order chi connectivity index (χ1) is 15.9. The topological polar surface area (TPSA) is 79.2 Å². The van der Waals surface area contributed by atoms with Crippen molar-refractivity contribution in [1.29, 1.82) is 0 Å². The average molecular weight is 499 g/mol. The molecule has 1 saturated heterocycles. The predicted octanol–water partition coefficient (Wildman–Crippen LogP) is 6.27. The van der Waals surface area contributed by atoms with Gasteiger partial charge in [-0.15, -0.1) is 0 Å². The number of ether oxygens (including phenoxy) is 1. The van der Waals surface area contributed by atoms with Gasteiger partial charge >= 0.3 is 5.97 Å². The Hall–Kier alpha value is -3.26. The zero-order valence-electron chi connectivity index (χ0n) is 16.9. The van der Waals surface area contributed by atoms with Crippen molar-refractivity contribution >= 4 is 69.5 Å². The van der Waals surface area contributed by atoms with Crippen molar-refractivity contribution in [3.63, 3.8) is 0 Å². The summed E-state index contributed by atoms with van der Waals surface area (Å²) in [5.41, 5.74) is 1.97. The lowest BCUT2D eigenvalue weighted by Crippen LogP contribution is -2.28. The van der Waals surface area contributed by atoms with Crippen molar-refractivity contribution < 1.29 is 19.4 Å². The molecule has 1 aliphatic rings. The second-order valence-corrected chi connectivity index (χ2v) is 8.74. The van der Waals surface area contributed by atoms with Gasteiger partial charge in [-0.1, -0.05) is 47.5 Å². The number of aliphatic imine (C=N–C) groups is 1. The smallest absolute Gasteiger partial charge is 0.341 e. The van der Waals surface area contributed by atoms with Crippen molar-refractivity contribution in [3.05, 3.63) is 93.3 Å². The van der Waals surface area contributed by atoms with Crippen molar-refractivity contribution in [3.8, 4) is 5.75 Å². The van der Waals surface area contributed by atoms with Gasteiger partial charge in [-0.2, -0.15) is 0 Å².